The zero-order valence-electron chi connectivity index (χ0n) is 23.2. The Labute approximate surface area is 244 Å². The first-order valence-corrected chi connectivity index (χ1v) is 15.4. The summed E-state index contributed by atoms with van der Waals surface area (Å²) in [6, 6.07) is 11.0. The largest absolute Gasteiger partial charge is 0.416 e. The number of halogens is 3. The molecule has 2 aromatic rings. The van der Waals surface area contributed by atoms with E-state index in [0.717, 1.165) is 43.5 Å². The zero-order valence-corrected chi connectivity index (χ0v) is 24.0. The predicted molar refractivity (Wildman–Crippen MR) is 154 cm³/mol. The van der Waals surface area contributed by atoms with E-state index in [9.17, 15) is 31.2 Å². The van der Waals surface area contributed by atoms with Crippen LogP contribution in [0.1, 0.15) is 40.7 Å². The van der Waals surface area contributed by atoms with Gasteiger partial charge in [0, 0.05) is 49.4 Å². The monoisotopic (exact) mass is 607 g/mol. The van der Waals surface area contributed by atoms with Crippen LogP contribution in [0.5, 0.6) is 0 Å². The van der Waals surface area contributed by atoms with Gasteiger partial charge in [-0.2, -0.15) is 13.2 Å². The highest BCUT2D eigenvalue weighted by atomic mass is 32.2. The van der Waals surface area contributed by atoms with Crippen LogP contribution in [0.15, 0.2) is 60.5 Å². The van der Waals surface area contributed by atoms with Crippen molar-refractivity contribution in [2.24, 2.45) is 11.8 Å². The molecule has 3 amide bonds. The van der Waals surface area contributed by atoms with Crippen molar-refractivity contribution in [3.05, 3.63) is 77.2 Å². The SMILES string of the molecule is C=CS(=O)(=O)NC[C@H]1CCN(C(=O)c2ccc(N(CC3CCCNC3)C(=O)NCc3ccc(C(F)(F)F)cc3)cc2)C1. The Hall–Kier alpha value is -3.42. The van der Waals surface area contributed by atoms with Crippen LogP contribution >= 0.6 is 0 Å². The number of sulfonamides is 1. The average Bonchev–Trinajstić information content (AvgIpc) is 3.47. The molecule has 4 rings (SSSR count). The van der Waals surface area contributed by atoms with Gasteiger partial charge in [-0.15, -0.1) is 0 Å². The number of hydrogen-bond donors (Lipinski definition) is 3. The number of urea groups is 1. The third-order valence-corrected chi connectivity index (χ3v) is 8.61. The number of likely N-dealkylation sites (tertiary alicyclic amines) is 1. The smallest absolute Gasteiger partial charge is 0.338 e. The van der Waals surface area contributed by atoms with Crippen molar-refractivity contribution >= 4 is 27.6 Å². The number of nitrogens with one attached hydrogen (secondary N) is 3. The highest BCUT2D eigenvalue weighted by molar-refractivity contribution is 7.92. The molecule has 9 nitrogen and oxygen atoms in total. The average molecular weight is 608 g/mol. The highest BCUT2D eigenvalue weighted by Gasteiger charge is 2.30. The summed E-state index contributed by atoms with van der Waals surface area (Å²) in [6.45, 7) is 6.62. The fourth-order valence-corrected chi connectivity index (χ4v) is 5.76. The van der Waals surface area contributed by atoms with Crippen molar-refractivity contribution in [2.75, 3.05) is 44.2 Å². The van der Waals surface area contributed by atoms with E-state index in [1.807, 2.05) is 0 Å². The quantitative estimate of drug-likeness (QED) is 0.379. The van der Waals surface area contributed by atoms with Crippen LogP contribution in [0.3, 0.4) is 0 Å². The minimum Gasteiger partial charge on any atom is -0.338 e. The van der Waals surface area contributed by atoms with Crippen molar-refractivity contribution in [1.82, 2.24) is 20.3 Å². The normalized spacial score (nSPS) is 19.4. The first-order chi connectivity index (χ1) is 19.9. The number of anilines is 1. The van der Waals surface area contributed by atoms with Gasteiger partial charge in [0.15, 0.2) is 0 Å². The van der Waals surface area contributed by atoms with E-state index < -0.39 is 21.8 Å². The van der Waals surface area contributed by atoms with Crippen molar-refractivity contribution in [2.45, 2.75) is 32.0 Å². The number of amides is 3. The lowest BCUT2D eigenvalue weighted by Crippen LogP contribution is -2.45. The molecule has 0 radical (unpaired) electrons. The molecular formula is C29H36F3N5O4S. The van der Waals surface area contributed by atoms with Gasteiger partial charge in [0.25, 0.3) is 5.91 Å². The molecule has 2 aliphatic heterocycles. The van der Waals surface area contributed by atoms with Crippen LogP contribution in [0, 0.1) is 11.8 Å². The Kier molecular flexibility index (Phi) is 10.3. The summed E-state index contributed by atoms with van der Waals surface area (Å²) in [5.74, 6) is 0.0400. The standard InChI is InChI=1S/C29H36F3N5O4S/c1-2-42(40,41)35-18-23-13-15-36(19-23)27(38)24-7-11-26(12-8-24)37(20-22-4-3-14-33-16-22)28(39)34-17-21-5-9-25(10-6-21)29(30,31)32/h2,5-12,22-23,33,35H,1,3-4,13-20H2,(H,34,39)/t22?,23-/m1/s1. The summed E-state index contributed by atoms with van der Waals surface area (Å²) < 4.78 is 64.4. The van der Waals surface area contributed by atoms with E-state index in [2.05, 4.69) is 21.9 Å². The molecule has 2 aliphatic rings. The summed E-state index contributed by atoms with van der Waals surface area (Å²) in [4.78, 5) is 29.7. The summed E-state index contributed by atoms with van der Waals surface area (Å²) in [7, 11) is -3.53. The first-order valence-electron chi connectivity index (χ1n) is 13.9. The van der Waals surface area contributed by atoms with Gasteiger partial charge in [0.2, 0.25) is 10.0 Å². The molecule has 2 aromatic carbocycles. The molecule has 2 heterocycles. The van der Waals surface area contributed by atoms with Crippen LogP contribution in [-0.2, 0) is 22.7 Å². The molecule has 0 aliphatic carbocycles. The van der Waals surface area contributed by atoms with E-state index in [-0.39, 0.29) is 36.9 Å². The van der Waals surface area contributed by atoms with Gasteiger partial charge >= 0.3 is 12.2 Å². The first kappa shape index (κ1) is 31.5. The van der Waals surface area contributed by atoms with Gasteiger partial charge in [-0.1, -0.05) is 18.7 Å². The molecule has 2 atom stereocenters. The van der Waals surface area contributed by atoms with Crippen LogP contribution in [0.2, 0.25) is 0 Å². The van der Waals surface area contributed by atoms with Crippen LogP contribution < -0.4 is 20.3 Å². The molecule has 0 saturated carbocycles. The summed E-state index contributed by atoms with van der Waals surface area (Å²) in [6.07, 6.45) is -1.81. The van der Waals surface area contributed by atoms with Crippen molar-refractivity contribution < 1.29 is 31.2 Å². The number of rotatable bonds is 10. The van der Waals surface area contributed by atoms with Gasteiger partial charge < -0.3 is 15.5 Å². The lowest BCUT2D eigenvalue weighted by Gasteiger charge is -2.30. The maximum absolute atomic E-state index is 13.3. The van der Waals surface area contributed by atoms with Crippen LogP contribution in [0.25, 0.3) is 0 Å². The van der Waals surface area contributed by atoms with Gasteiger partial charge in [0.1, 0.15) is 0 Å². The number of piperidine rings is 1. The van der Waals surface area contributed by atoms with Crippen molar-refractivity contribution in [1.29, 1.82) is 0 Å². The Bertz CT molecular complexity index is 1340. The van der Waals surface area contributed by atoms with E-state index >= 15 is 0 Å². The second-order valence-corrected chi connectivity index (χ2v) is 12.4. The Morgan fingerprint density at radius 3 is 2.40 bits per heavy atom. The summed E-state index contributed by atoms with van der Waals surface area (Å²) >= 11 is 0. The topological polar surface area (TPSA) is 111 Å². The summed E-state index contributed by atoms with van der Waals surface area (Å²) in [5, 5.41) is 7.01. The molecule has 13 heteroatoms. The minimum atomic E-state index is -4.43. The van der Waals surface area contributed by atoms with Crippen molar-refractivity contribution in [3.8, 4) is 0 Å². The minimum absolute atomic E-state index is 0.00379. The number of alkyl halides is 3. The lowest BCUT2D eigenvalue weighted by molar-refractivity contribution is -0.137. The summed E-state index contributed by atoms with van der Waals surface area (Å²) in [5.41, 5.74) is 0.842. The van der Waals surface area contributed by atoms with Gasteiger partial charge in [-0.05, 0) is 86.1 Å². The third-order valence-electron chi connectivity index (χ3n) is 7.60. The van der Waals surface area contributed by atoms with E-state index in [0.29, 0.717) is 42.9 Å². The van der Waals surface area contributed by atoms with Gasteiger partial charge in [-0.25, -0.2) is 17.9 Å². The lowest BCUT2D eigenvalue weighted by atomic mass is 9.99. The third kappa shape index (κ3) is 8.55. The Morgan fingerprint density at radius 1 is 1.07 bits per heavy atom. The molecular weight excluding hydrogens is 571 g/mol. The molecule has 228 valence electrons. The van der Waals surface area contributed by atoms with Gasteiger partial charge in [-0.3, -0.25) is 9.69 Å². The maximum atomic E-state index is 13.3. The molecule has 42 heavy (non-hydrogen) atoms. The number of nitrogens with zero attached hydrogens (tertiary/aromatic N) is 2. The molecule has 3 N–H and O–H groups in total. The fraction of sp³-hybridized carbons (Fsp3) is 0.448. The maximum Gasteiger partial charge on any atom is 0.416 e. The second kappa shape index (κ2) is 13.7. The zero-order chi connectivity index (χ0) is 30.3. The Morgan fingerprint density at radius 2 is 1.79 bits per heavy atom. The molecule has 0 aromatic heterocycles. The Balaban J connectivity index is 1.40. The van der Waals surface area contributed by atoms with Gasteiger partial charge in [0.05, 0.1) is 5.56 Å². The van der Waals surface area contributed by atoms with Crippen LogP contribution in [0.4, 0.5) is 23.7 Å². The second-order valence-electron chi connectivity index (χ2n) is 10.7. The number of hydrogen-bond acceptors (Lipinski definition) is 5. The molecule has 0 bridgehead atoms. The van der Waals surface area contributed by atoms with E-state index in [1.54, 1.807) is 34.1 Å². The van der Waals surface area contributed by atoms with E-state index in [4.69, 9.17) is 0 Å². The van der Waals surface area contributed by atoms with Crippen molar-refractivity contribution in [3.63, 3.8) is 0 Å². The highest BCUT2D eigenvalue weighted by Crippen LogP contribution is 2.29. The number of carbonyl (C=O) groups excluding carboxylic acids is 2. The molecule has 2 saturated heterocycles. The predicted octanol–water partition coefficient (Wildman–Crippen LogP) is 3.95. The number of benzene rings is 2. The number of carbonyl (C=O) groups is 2. The molecule has 2 fully saturated rings. The van der Waals surface area contributed by atoms with E-state index in [1.165, 1.54) is 12.1 Å². The molecule has 0 spiro atoms. The molecule has 1 unspecified atom stereocenters. The van der Waals surface area contributed by atoms with Crippen LogP contribution in [-0.4, -0.2) is 64.5 Å². The fourth-order valence-electron chi connectivity index (χ4n) is 5.17.